The van der Waals surface area contributed by atoms with Crippen molar-refractivity contribution < 1.29 is 9.53 Å². The SMILES string of the molecule is NC(=O)c1ccc(N2CCN(CCCCCOc3ccc4c(-n5ccc(=O)[nH]c5=O)cncc4c3)CC2)nc1. The highest BCUT2D eigenvalue weighted by Gasteiger charge is 2.18. The van der Waals surface area contributed by atoms with Crippen molar-refractivity contribution in [2.45, 2.75) is 19.3 Å². The first kappa shape index (κ1) is 26.1. The Balaban J connectivity index is 1.04. The lowest BCUT2D eigenvalue weighted by molar-refractivity contribution is 0.1000. The highest BCUT2D eigenvalue weighted by molar-refractivity contribution is 5.92. The number of primary amides is 1. The van der Waals surface area contributed by atoms with E-state index in [-0.39, 0.29) is 0 Å². The number of pyridine rings is 2. The van der Waals surface area contributed by atoms with Crippen LogP contribution in [0.15, 0.2) is 70.8 Å². The van der Waals surface area contributed by atoms with Crippen LogP contribution in [0.2, 0.25) is 0 Å². The zero-order valence-corrected chi connectivity index (χ0v) is 21.6. The molecular weight excluding hydrogens is 498 g/mol. The maximum absolute atomic E-state index is 12.2. The molecular formula is C28H31N7O4. The van der Waals surface area contributed by atoms with Gasteiger partial charge in [-0.15, -0.1) is 0 Å². The number of ether oxygens (including phenoxy) is 1. The maximum atomic E-state index is 12.2. The number of aromatic amines is 1. The third kappa shape index (κ3) is 6.32. The summed E-state index contributed by atoms with van der Waals surface area (Å²) in [6.45, 7) is 5.44. The van der Waals surface area contributed by atoms with Crippen LogP contribution in [-0.4, -0.2) is 69.7 Å². The number of H-pyrrole nitrogens is 1. The van der Waals surface area contributed by atoms with E-state index < -0.39 is 17.2 Å². The van der Waals surface area contributed by atoms with Gasteiger partial charge in [-0.2, -0.15) is 0 Å². The number of carbonyl (C=O) groups is 1. The molecule has 0 radical (unpaired) electrons. The van der Waals surface area contributed by atoms with E-state index >= 15 is 0 Å². The van der Waals surface area contributed by atoms with Crippen LogP contribution in [0, 0.1) is 0 Å². The van der Waals surface area contributed by atoms with Crippen LogP contribution in [0.5, 0.6) is 5.75 Å². The van der Waals surface area contributed by atoms with Gasteiger partial charge in [0.1, 0.15) is 11.6 Å². The van der Waals surface area contributed by atoms with Crippen LogP contribution in [0.25, 0.3) is 16.5 Å². The number of amides is 1. The third-order valence-electron chi connectivity index (χ3n) is 6.91. The Morgan fingerprint density at radius 3 is 2.56 bits per heavy atom. The van der Waals surface area contributed by atoms with Gasteiger partial charge in [-0.1, -0.05) is 0 Å². The van der Waals surface area contributed by atoms with E-state index in [4.69, 9.17) is 10.5 Å². The lowest BCUT2D eigenvalue weighted by atomic mass is 10.1. The summed E-state index contributed by atoms with van der Waals surface area (Å²) in [5.41, 5.74) is 5.37. The standard InChI is InChI=1S/C28H31N7O4/c29-27(37)20-4-7-25(31-18-20)34-13-11-33(12-14-34)9-2-1-3-15-39-22-5-6-23-21(16-22)17-30-19-24(23)35-10-8-26(36)32-28(35)38/h4-8,10,16-19H,1-3,9,11-15H2,(H2,29,37)(H,32,36,38). The second kappa shape index (κ2) is 11.9. The summed E-state index contributed by atoms with van der Waals surface area (Å²) in [6.07, 6.45) is 9.45. The fourth-order valence-corrected chi connectivity index (χ4v) is 4.75. The molecule has 0 aliphatic carbocycles. The van der Waals surface area contributed by atoms with Crippen molar-refractivity contribution in [3.05, 3.63) is 87.6 Å². The fraction of sp³-hybridized carbons (Fsp3) is 0.321. The Morgan fingerprint density at radius 2 is 1.82 bits per heavy atom. The largest absolute Gasteiger partial charge is 0.494 e. The van der Waals surface area contributed by atoms with E-state index in [2.05, 4.69) is 24.8 Å². The molecule has 3 aromatic heterocycles. The van der Waals surface area contributed by atoms with Gasteiger partial charge < -0.3 is 15.4 Å². The summed E-state index contributed by atoms with van der Waals surface area (Å²) in [5.74, 6) is 1.17. The van der Waals surface area contributed by atoms with Gasteiger partial charge in [-0.3, -0.25) is 29.0 Å². The van der Waals surface area contributed by atoms with Crippen LogP contribution in [0.4, 0.5) is 5.82 Å². The Bertz CT molecular complexity index is 1560. The van der Waals surface area contributed by atoms with Crippen molar-refractivity contribution >= 4 is 22.5 Å². The van der Waals surface area contributed by atoms with E-state index in [1.807, 2.05) is 24.3 Å². The van der Waals surface area contributed by atoms with Crippen molar-refractivity contribution in [2.24, 2.45) is 5.73 Å². The number of anilines is 1. The lowest BCUT2D eigenvalue weighted by Crippen LogP contribution is -2.46. The monoisotopic (exact) mass is 529 g/mol. The minimum atomic E-state index is -0.507. The fourth-order valence-electron chi connectivity index (χ4n) is 4.75. The molecule has 11 nitrogen and oxygen atoms in total. The quantitative estimate of drug-likeness (QED) is 0.297. The van der Waals surface area contributed by atoms with Crippen molar-refractivity contribution in [3.63, 3.8) is 0 Å². The number of fused-ring (bicyclic) bond motifs is 1. The summed E-state index contributed by atoms with van der Waals surface area (Å²) in [6, 6.07) is 10.6. The normalized spacial score (nSPS) is 14.0. The first-order chi connectivity index (χ1) is 19.0. The number of rotatable bonds is 10. The molecule has 0 bridgehead atoms. The number of aromatic nitrogens is 4. The smallest absolute Gasteiger partial charge is 0.332 e. The number of benzene rings is 1. The molecule has 1 aliphatic rings. The van der Waals surface area contributed by atoms with Crippen molar-refractivity contribution in [1.82, 2.24) is 24.4 Å². The average Bonchev–Trinajstić information content (AvgIpc) is 2.95. The van der Waals surface area contributed by atoms with Gasteiger partial charge in [0.2, 0.25) is 5.91 Å². The van der Waals surface area contributed by atoms with Crippen LogP contribution >= 0.6 is 0 Å². The molecule has 202 valence electrons. The molecule has 1 aliphatic heterocycles. The van der Waals surface area contributed by atoms with Crippen LogP contribution in [0.3, 0.4) is 0 Å². The van der Waals surface area contributed by atoms with E-state index in [1.54, 1.807) is 18.5 Å². The number of nitrogens with two attached hydrogens (primary N) is 1. The Labute approximate surface area is 224 Å². The first-order valence-corrected chi connectivity index (χ1v) is 13.0. The molecule has 11 heteroatoms. The van der Waals surface area contributed by atoms with E-state index in [1.165, 1.54) is 23.0 Å². The van der Waals surface area contributed by atoms with Gasteiger partial charge >= 0.3 is 5.69 Å². The van der Waals surface area contributed by atoms with Crippen molar-refractivity contribution in [2.75, 3.05) is 44.2 Å². The number of hydrogen-bond acceptors (Lipinski definition) is 8. The summed E-state index contributed by atoms with van der Waals surface area (Å²) in [5, 5.41) is 1.69. The molecule has 1 fully saturated rings. The summed E-state index contributed by atoms with van der Waals surface area (Å²) >= 11 is 0. The minimum absolute atomic E-state index is 0.425. The van der Waals surface area contributed by atoms with Crippen LogP contribution in [0.1, 0.15) is 29.6 Å². The Hall–Kier alpha value is -4.51. The van der Waals surface area contributed by atoms with Crippen LogP contribution < -0.4 is 26.6 Å². The highest BCUT2D eigenvalue weighted by Crippen LogP contribution is 2.25. The zero-order chi connectivity index (χ0) is 27.2. The Kier molecular flexibility index (Phi) is 7.97. The zero-order valence-electron chi connectivity index (χ0n) is 21.6. The van der Waals surface area contributed by atoms with Gasteiger partial charge in [0.05, 0.1) is 24.1 Å². The van der Waals surface area contributed by atoms with Crippen LogP contribution in [-0.2, 0) is 0 Å². The summed E-state index contributed by atoms with van der Waals surface area (Å²) < 4.78 is 7.35. The topological polar surface area (TPSA) is 139 Å². The molecule has 0 saturated carbocycles. The minimum Gasteiger partial charge on any atom is -0.494 e. The van der Waals surface area contributed by atoms with Crippen molar-refractivity contribution in [3.8, 4) is 11.4 Å². The molecule has 1 saturated heterocycles. The van der Waals surface area contributed by atoms with Crippen molar-refractivity contribution in [1.29, 1.82) is 0 Å². The molecule has 5 rings (SSSR count). The predicted molar refractivity (Wildman–Crippen MR) is 149 cm³/mol. The molecule has 4 aromatic rings. The predicted octanol–water partition coefficient (Wildman–Crippen LogP) is 1.94. The highest BCUT2D eigenvalue weighted by atomic mass is 16.5. The van der Waals surface area contributed by atoms with E-state index in [0.717, 1.165) is 74.3 Å². The number of nitrogens with one attached hydrogen (secondary N) is 1. The number of piperazine rings is 1. The first-order valence-electron chi connectivity index (χ1n) is 13.0. The van der Waals surface area contributed by atoms with E-state index in [0.29, 0.717) is 17.9 Å². The molecule has 0 unspecified atom stereocenters. The molecule has 1 aromatic carbocycles. The number of nitrogens with zero attached hydrogens (tertiary/aromatic N) is 5. The van der Waals surface area contributed by atoms with Gasteiger partial charge in [0.15, 0.2) is 0 Å². The van der Waals surface area contributed by atoms with Gasteiger partial charge in [-0.25, -0.2) is 9.78 Å². The molecule has 0 atom stereocenters. The number of unbranched alkanes of at least 4 members (excludes halogenated alkanes) is 2. The number of carbonyl (C=O) groups excluding carboxylic acids is 1. The maximum Gasteiger partial charge on any atom is 0.332 e. The molecule has 39 heavy (non-hydrogen) atoms. The molecule has 0 spiro atoms. The molecule has 4 heterocycles. The third-order valence-corrected chi connectivity index (χ3v) is 6.91. The molecule has 3 N–H and O–H groups in total. The lowest BCUT2D eigenvalue weighted by Gasteiger charge is -2.35. The van der Waals surface area contributed by atoms with Gasteiger partial charge in [-0.05, 0) is 56.1 Å². The Morgan fingerprint density at radius 1 is 0.974 bits per heavy atom. The van der Waals surface area contributed by atoms with Gasteiger partial charge in [0.25, 0.3) is 5.56 Å². The number of hydrogen-bond donors (Lipinski definition) is 2. The van der Waals surface area contributed by atoms with E-state index in [9.17, 15) is 14.4 Å². The summed E-state index contributed by atoms with van der Waals surface area (Å²) in [7, 11) is 0. The van der Waals surface area contributed by atoms with Gasteiger partial charge in [0, 0.05) is 61.6 Å². The second-order valence-corrected chi connectivity index (χ2v) is 9.53. The molecule has 1 amide bonds. The summed E-state index contributed by atoms with van der Waals surface area (Å²) in [4.78, 5) is 50.4. The average molecular weight is 530 g/mol. The second-order valence-electron chi connectivity index (χ2n) is 9.53.